The molecule has 0 saturated heterocycles. The van der Waals surface area contributed by atoms with E-state index in [2.05, 4.69) is 20.6 Å². The summed E-state index contributed by atoms with van der Waals surface area (Å²) >= 11 is 4.64. The van der Waals surface area contributed by atoms with E-state index in [0.29, 0.717) is 52.5 Å². The quantitative estimate of drug-likeness (QED) is 0.126. The lowest BCUT2D eigenvalue weighted by atomic mass is 10.1. The molecule has 0 spiro atoms. The Kier molecular flexibility index (Phi) is 8.48. The minimum atomic E-state index is -1.83. The number of rotatable bonds is 11. The number of fused-ring (bicyclic) bond motifs is 1. The molecule has 8 nitrogen and oxygen atoms in total. The van der Waals surface area contributed by atoms with Gasteiger partial charge in [-0.1, -0.05) is 23.7 Å². The van der Waals surface area contributed by atoms with Gasteiger partial charge in [0.2, 0.25) is 0 Å². The fraction of sp³-hybridized carbons (Fsp3) is 0.143. The van der Waals surface area contributed by atoms with Gasteiger partial charge in [-0.25, -0.2) is 18.6 Å². The van der Waals surface area contributed by atoms with Crippen molar-refractivity contribution in [3.8, 4) is 17.1 Å². The molecule has 0 aliphatic heterocycles. The van der Waals surface area contributed by atoms with E-state index in [4.69, 9.17) is 25.3 Å². The van der Waals surface area contributed by atoms with Crippen LogP contribution in [0, 0.1) is 5.82 Å². The van der Waals surface area contributed by atoms with Gasteiger partial charge >= 0.3 is 0 Å². The second kappa shape index (κ2) is 12.4. The molecule has 0 fully saturated rings. The van der Waals surface area contributed by atoms with E-state index in [1.165, 1.54) is 18.5 Å². The second-order valence-electron chi connectivity index (χ2n) is 8.61. The van der Waals surface area contributed by atoms with Crippen molar-refractivity contribution in [2.24, 2.45) is 0 Å². The molecule has 11 heteroatoms. The molecule has 0 bridgehead atoms. The van der Waals surface area contributed by atoms with Crippen LogP contribution in [0.25, 0.3) is 22.2 Å². The third kappa shape index (κ3) is 6.98. The Balaban J connectivity index is 1.30. The van der Waals surface area contributed by atoms with Gasteiger partial charge in [-0.05, 0) is 66.2 Å². The minimum Gasteiger partial charge on any atom is -0.487 e. The predicted molar refractivity (Wildman–Crippen MR) is 150 cm³/mol. The number of hydrogen-bond donors (Lipinski definition) is 3. The highest BCUT2D eigenvalue weighted by molar-refractivity contribution is 7.79. The molecule has 1 atom stereocenters. The van der Waals surface area contributed by atoms with Crippen LogP contribution < -0.4 is 15.4 Å². The van der Waals surface area contributed by atoms with E-state index in [-0.39, 0.29) is 18.2 Å². The molecule has 0 aliphatic rings. The third-order valence-corrected chi connectivity index (χ3v) is 6.66. The molecule has 0 amide bonds. The van der Waals surface area contributed by atoms with Crippen LogP contribution in [0.4, 0.5) is 15.9 Å². The first-order chi connectivity index (χ1) is 18.9. The van der Waals surface area contributed by atoms with Crippen LogP contribution in [0.3, 0.4) is 0 Å². The molecule has 39 heavy (non-hydrogen) atoms. The van der Waals surface area contributed by atoms with Gasteiger partial charge < -0.3 is 24.3 Å². The summed E-state index contributed by atoms with van der Waals surface area (Å²) < 4.78 is 44.8. The van der Waals surface area contributed by atoms with Crippen molar-refractivity contribution >= 4 is 45.1 Å². The first-order valence-electron chi connectivity index (χ1n) is 12.0. The molecule has 200 valence electrons. The number of nitrogens with zero attached hydrogens (tertiary/aromatic N) is 2. The van der Waals surface area contributed by atoms with E-state index >= 15 is 0 Å². The molecule has 5 rings (SSSR count). The second-order valence-corrected chi connectivity index (χ2v) is 10.1. The van der Waals surface area contributed by atoms with Gasteiger partial charge in [0.25, 0.3) is 0 Å². The van der Waals surface area contributed by atoms with Crippen LogP contribution >= 0.6 is 11.6 Å². The summed E-state index contributed by atoms with van der Waals surface area (Å²) in [4.78, 5) is 8.79. The lowest BCUT2D eigenvalue weighted by Crippen LogP contribution is -2.19. The lowest BCUT2D eigenvalue weighted by Gasteiger charge is -2.12. The standard InChI is InChI=1S/C28H24ClFN4O4S/c29-24-14-21(5-8-27(24)37-16-18-2-1-3-20(30)12-18)34-28-23-13-19(4-7-25(23)32-17-33-28)26-9-6-22(38-26)15-31-10-11-39(35)36/h1-9,12-14,17,31H,10-11,15-16H2,(H,35,36)(H,32,33,34). The number of nitrogens with one attached hydrogen (secondary N) is 2. The summed E-state index contributed by atoms with van der Waals surface area (Å²) in [5.74, 6) is 2.30. The van der Waals surface area contributed by atoms with Crippen molar-refractivity contribution in [3.05, 3.63) is 101 Å². The molecular weight excluding hydrogens is 543 g/mol. The summed E-state index contributed by atoms with van der Waals surface area (Å²) in [7, 11) is 0. The van der Waals surface area contributed by atoms with Crippen LogP contribution in [-0.4, -0.2) is 31.0 Å². The number of ether oxygens (including phenoxy) is 1. The molecular formula is C28H24ClFN4O4S. The maximum absolute atomic E-state index is 13.4. The molecule has 2 heterocycles. The zero-order chi connectivity index (χ0) is 27.2. The topological polar surface area (TPSA) is 110 Å². The Morgan fingerprint density at radius 3 is 2.77 bits per heavy atom. The van der Waals surface area contributed by atoms with Crippen LogP contribution in [0.2, 0.25) is 5.02 Å². The maximum Gasteiger partial charge on any atom is 0.154 e. The minimum absolute atomic E-state index is 0.157. The van der Waals surface area contributed by atoms with Crippen LogP contribution in [0.15, 0.2) is 83.5 Å². The summed E-state index contributed by atoms with van der Waals surface area (Å²) in [5, 5.41) is 7.57. The number of anilines is 2. The number of furan rings is 1. The highest BCUT2D eigenvalue weighted by Crippen LogP contribution is 2.32. The van der Waals surface area contributed by atoms with Crippen molar-refractivity contribution in [2.45, 2.75) is 13.2 Å². The van der Waals surface area contributed by atoms with Gasteiger partial charge in [0.1, 0.15) is 41.8 Å². The summed E-state index contributed by atoms with van der Waals surface area (Å²) in [6.45, 7) is 1.05. The smallest absolute Gasteiger partial charge is 0.154 e. The Morgan fingerprint density at radius 1 is 1.05 bits per heavy atom. The predicted octanol–water partition coefficient (Wildman–Crippen LogP) is 6.32. The fourth-order valence-corrected chi connectivity index (χ4v) is 4.48. The third-order valence-electron chi connectivity index (χ3n) is 5.81. The van der Waals surface area contributed by atoms with Gasteiger partial charge in [-0.2, -0.15) is 0 Å². The fourth-order valence-electron chi connectivity index (χ4n) is 3.93. The van der Waals surface area contributed by atoms with E-state index in [1.807, 2.05) is 36.4 Å². The average molecular weight is 567 g/mol. The average Bonchev–Trinajstić information content (AvgIpc) is 3.40. The molecule has 5 aromatic rings. The summed E-state index contributed by atoms with van der Waals surface area (Å²) in [5.41, 5.74) is 3.01. The summed E-state index contributed by atoms with van der Waals surface area (Å²) in [6.07, 6.45) is 1.48. The van der Waals surface area contributed by atoms with Crippen LogP contribution in [0.5, 0.6) is 5.75 Å². The van der Waals surface area contributed by atoms with Gasteiger partial charge in [-0.15, -0.1) is 0 Å². The van der Waals surface area contributed by atoms with E-state index in [9.17, 15) is 8.60 Å². The van der Waals surface area contributed by atoms with Crippen LogP contribution in [0.1, 0.15) is 11.3 Å². The highest BCUT2D eigenvalue weighted by atomic mass is 35.5. The number of benzene rings is 3. The highest BCUT2D eigenvalue weighted by Gasteiger charge is 2.11. The molecule has 0 radical (unpaired) electrons. The first kappa shape index (κ1) is 26.8. The Labute approximate surface area is 231 Å². The van der Waals surface area contributed by atoms with Crippen LogP contribution in [-0.2, 0) is 24.2 Å². The molecule has 3 aromatic carbocycles. The molecule has 0 saturated carbocycles. The Bertz CT molecular complexity index is 1630. The molecule has 3 N–H and O–H groups in total. The number of aromatic nitrogens is 2. The summed E-state index contributed by atoms with van der Waals surface area (Å²) in [6, 6.07) is 21.0. The van der Waals surface area contributed by atoms with Crippen molar-refractivity contribution < 1.29 is 22.3 Å². The normalized spacial score (nSPS) is 12.0. The first-order valence-corrected chi connectivity index (χ1v) is 13.7. The van der Waals surface area contributed by atoms with Crippen molar-refractivity contribution in [1.82, 2.24) is 15.3 Å². The van der Waals surface area contributed by atoms with Crippen molar-refractivity contribution in [2.75, 3.05) is 17.6 Å². The number of hydrogen-bond acceptors (Lipinski definition) is 7. The monoisotopic (exact) mass is 566 g/mol. The number of halogens is 2. The largest absolute Gasteiger partial charge is 0.487 e. The maximum atomic E-state index is 13.4. The zero-order valence-corrected chi connectivity index (χ0v) is 22.1. The molecule has 0 aliphatic carbocycles. The molecule has 1 unspecified atom stereocenters. The van der Waals surface area contributed by atoms with Gasteiger partial charge in [0, 0.05) is 23.2 Å². The Morgan fingerprint density at radius 2 is 1.95 bits per heavy atom. The SMILES string of the molecule is O=S(O)CCNCc1ccc(-c2ccc3ncnc(Nc4ccc(OCc5cccc(F)c5)c(Cl)c4)c3c2)o1. The molecule has 2 aromatic heterocycles. The van der Waals surface area contributed by atoms with E-state index < -0.39 is 11.1 Å². The van der Waals surface area contributed by atoms with E-state index in [1.54, 1.807) is 24.3 Å². The zero-order valence-electron chi connectivity index (χ0n) is 20.6. The van der Waals surface area contributed by atoms with Crippen molar-refractivity contribution in [1.29, 1.82) is 0 Å². The Hall–Kier alpha value is -3.83. The van der Waals surface area contributed by atoms with E-state index in [0.717, 1.165) is 16.5 Å². The van der Waals surface area contributed by atoms with Gasteiger partial charge in [0.15, 0.2) is 11.1 Å². The lowest BCUT2D eigenvalue weighted by molar-refractivity contribution is 0.306. The van der Waals surface area contributed by atoms with Crippen molar-refractivity contribution in [3.63, 3.8) is 0 Å². The van der Waals surface area contributed by atoms with Gasteiger partial charge in [0.05, 0.1) is 22.8 Å². The van der Waals surface area contributed by atoms with Gasteiger partial charge in [-0.3, -0.25) is 0 Å².